The number of nitrogens with zero attached hydrogens (tertiary/aromatic N) is 3. The first-order valence-electron chi connectivity index (χ1n) is 3.01. The number of nitrogens with one attached hydrogen (secondary N) is 1. The van der Waals surface area contributed by atoms with Gasteiger partial charge in [-0.25, -0.2) is 0 Å². The molecule has 0 unspecified atom stereocenters. The zero-order valence-corrected chi connectivity index (χ0v) is 4.99. The van der Waals surface area contributed by atoms with Gasteiger partial charge in [-0.15, -0.1) is 10.2 Å². The maximum Gasteiger partial charge on any atom is 0.119 e. The van der Waals surface area contributed by atoms with Crippen LogP contribution in [0.3, 0.4) is 0 Å². The Labute approximate surface area is 52.9 Å². The lowest BCUT2D eigenvalue weighted by Gasteiger charge is -2.27. The molecule has 1 aliphatic rings. The molecule has 0 radical (unpaired) electrons. The summed E-state index contributed by atoms with van der Waals surface area (Å²) in [6.45, 7) is 2.11. The molecule has 1 aromatic rings. The number of rotatable bonds is 1. The van der Waals surface area contributed by atoms with Gasteiger partial charge in [-0.1, -0.05) is 0 Å². The minimum absolute atomic E-state index is 0.597. The second kappa shape index (κ2) is 1.80. The summed E-state index contributed by atoms with van der Waals surface area (Å²) >= 11 is 0. The van der Waals surface area contributed by atoms with E-state index in [-0.39, 0.29) is 0 Å². The Hall–Kier alpha value is -0.900. The van der Waals surface area contributed by atoms with Crippen molar-refractivity contribution >= 4 is 0 Å². The lowest BCUT2D eigenvalue weighted by atomic mass is 10.2. The van der Waals surface area contributed by atoms with E-state index < -0.39 is 0 Å². The van der Waals surface area contributed by atoms with Crippen molar-refractivity contribution in [2.45, 2.75) is 6.04 Å². The normalized spacial score (nSPS) is 19.6. The molecule has 0 atom stereocenters. The van der Waals surface area contributed by atoms with Crippen LogP contribution in [0.2, 0.25) is 0 Å². The van der Waals surface area contributed by atoms with Crippen molar-refractivity contribution in [3.8, 4) is 0 Å². The van der Waals surface area contributed by atoms with Crippen LogP contribution in [-0.4, -0.2) is 27.9 Å². The van der Waals surface area contributed by atoms with Gasteiger partial charge in [0.2, 0.25) is 0 Å². The zero-order valence-electron chi connectivity index (χ0n) is 4.99. The first-order chi connectivity index (χ1) is 4.47. The third-order valence-corrected chi connectivity index (χ3v) is 1.62. The molecular formula is C5H8N4. The van der Waals surface area contributed by atoms with Gasteiger partial charge in [-0.3, -0.25) is 0 Å². The summed E-state index contributed by atoms with van der Waals surface area (Å²) in [5, 5.41) is 10.6. The summed E-state index contributed by atoms with van der Waals surface area (Å²) in [4.78, 5) is 0. The van der Waals surface area contributed by atoms with E-state index >= 15 is 0 Å². The van der Waals surface area contributed by atoms with E-state index in [0.717, 1.165) is 13.1 Å². The maximum atomic E-state index is 3.71. The molecule has 2 rings (SSSR count). The van der Waals surface area contributed by atoms with Crippen LogP contribution in [0.15, 0.2) is 12.7 Å². The van der Waals surface area contributed by atoms with Crippen LogP contribution in [0.1, 0.15) is 6.04 Å². The van der Waals surface area contributed by atoms with Crippen LogP contribution < -0.4 is 5.32 Å². The Morgan fingerprint density at radius 3 is 2.44 bits per heavy atom. The predicted octanol–water partition coefficient (Wildman–Crippen LogP) is -0.578. The lowest BCUT2D eigenvalue weighted by molar-refractivity contribution is 0.342. The fourth-order valence-electron chi connectivity index (χ4n) is 0.882. The molecule has 1 aromatic heterocycles. The maximum absolute atomic E-state index is 3.71. The molecule has 9 heavy (non-hydrogen) atoms. The van der Waals surface area contributed by atoms with Crippen molar-refractivity contribution in [3.05, 3.63) is 12.7 Å². The zero-order chi connectivity index (χ0) is 6.10. The molecule has 4 nitrogen and oxygen atoms in total. The molecule has 0 spiro atoms. The minimum Gasteiger partial charge on any atom is -0.314 e. The smallest absolute Gasteiger partial charge is 0.119 e. The average molecular weight is 124 g/mol. The number of hydrogen-bond donors (Lipinski definition) is 1. The first-order valence-corrected chi connectivity index (χ1v) is 3.01. The van der Waals surface area contributed by atoms with Crippen LogP contribution in [0.4, 0.5) is 0 Å². The summed E-state index contributed by atoms with van der Waals surface area (Å²) in [5.74, 6) is 0. The summed E-state index contributed by atoms with van der Waals surface area (Å²) < 4.78 is 2.02. The Bertz CT molecular complexity index is 177. The monoisotopic (exact) mass is 124 g/mol. The summed E-state index contributed by atoms with van der Waals surface area (Å²) in [5.41, 5.74) is 0. The highest BCUT2D eigenvalue weighted by Gasteiger charge is 2.17. The Morgan fingerprint density at radius 2 is 2.00 bits per heavy atom. The van der Waals surface area contributed by atoms with E-state index in [1.165, 1.54) is 0 Å². The van der Waals surface area contributed by atoms with Crippen molar-refractivity contribution < 1.29 is 0 Å². The summed E-state index contributed by atoms with van der Waals surface area (Å²) in [6, 6.07) is 0.597. The van der Waals surface area contributed by atoms with Crippen molar-refractivity contribution in [1.29, 1.82) is 0 Å². The molecule has 1 N–H and O–H groups in total. The molecular weight excluding hydrogens is 116 g/mol. The molecule has 1 fully saturated rings. The molecule has 0 bridgehead atoms. The van der Waals surface area contributed by atoms with Crippen LogP contribution in [0, 0.1) is 0 Å². The van der Waals surface area contributed by atoms with Gasteiger partial charge in [0.25, 0.3) is 0 Å². The summed E-state index contributed by atoms with van der Waals surface area (Å²) in [7, 11) is 0. The molecule has 48 valence electrons. The third-order valence-electron chi connectivity index (χ3n) is 1.62. The second-order valence-electron chi connectivity index (χ2n) is 2.22. The fourth-order valence-corrected chi connectivity index (χ4v) is 0.882. The standard InChI is InChI=1S/C5H8N4/c1-5(2-6-1)9-3-7-8-4-9/h3-6H,1-2H2. The highest BCUT2D eigenvalue weighted by atomic mass is 15.3. The molecule has 0 aromatic carbocycles. The van der Waals surface area contributed by atoms with Crippen LogP contribution in [0.25, 0.3) is 0 Å². The van der Waals surface area contributed by atoms with Gasteiger partial charge in [0.1, 0.15) is 12.7 Å². The third kappa shape index (κ3) is 0.712. The fraction of sp³-hybridized carbons (Fsp3) is 0.600. The second-order valence-corrected chi connectivity index (χ2v) is 2.22. The van der Waals surface area contributed by atoms with Crippen LogP contribution in [-0.2, 0) is 0 Å². The van der Waals surface area contributed by atoms with E-state index in [9.17, 15) is 0 Å². The molecule has 0 saturated carbocycles. The van der Waals surface area contributed by atoms with E-state index in [4.69, 9.17) is 0 Å². The topological polar surface area (TPSA) is 42.7 Å². The van der Waals surface area contributed by atoms with Gasteiger partial charge in [0.15, 0.2) is 0 Å². The van der Waals surface area contributed by atoms with E-state index in [1.807, 2.05) is 4.57 Å². The van der Waals surface area contributed by atoms with Gasteiger partial charge in [-0.05, 0) is 0 Å². The van der Waals surface area contributed by atoms with Crippen molar-refractivity contribution in [2.24, 2.45) is 0 Å². The Kier molecular flexibility index (Phi) is 0.989. The number of hydrogen-bond acceptors (Lipinski definition) is 3. The predicted molar refractivity (Wildman–Crippen MR) is 31.9 cm³/mol. The van der Waals surface area contributed by atoms with E-state index in [0.29, 0.717) is 6.04 Å². The van der Waals surface area contributed by atoms with Crippen molar-refractivity contribution in [3.63, 3.8) is 0 Å². The highest BCUT2D eigenvalue weighted by molar-refractivity contribution is 4.82. The Morgan fingerprint density at radius 1 is 1.33 bits per heavy atom. The Balaban J connectivity index is 2.14. The molecule has 0 amide bonds. The van der Waals surface area contributed by atoms with Gasteiger partial charge in [-0.2, -0.15) is 0 Å². The molecule has 1 saturated heterocycles. The van der Waals surface area contributed by atoms with Crippen LogP contribution >= 0.6 is 0 Å². The molecule has 1 aliphatic heterocycles. The van der Waals surface area contributed by atoms with Gasteiger partial charge < -0.3 is 9.88 Å². The van der Waals surface area contributed by atoms with Gasteiger partial charge in [0.05, 0.1) is 6.04 Å². The molecule has 2 heterocycles. The van der Waals surface area contributed by atoms with E-state index in [1.54, 1.807) is 12.7 Å². The largest absolute Gasteiger partial charge is 0.314 e. The first kappa shape index (κ1) is 4.93. The number of aromatic nitrogens is 3. The minimum atomic E-state index is 0.597. The van der Waals surface area contributed by atoms with Crippen molar-refractivity contribution in [1.82, 2.24) is 20.1 Å². The quantitative estimate of drug-likeness (QED) is 0.544. The SMILES string of the molecule is c1nncn1C1CNC1. The summed E-state index contributed by atoms with van der Waals surface area (Å²) in [6.07, 6.45) is 3.51. The van der Waals surface area contributed by atoms with Gasteiger partial charge in [0, 0.05) is 13.1 Å². The van der Waals surface area contributed by atoms with E-state index in [2.05, 4.69) is 15.5 Å². The van der Waals surface area contributed by atoms with Gasteiger partial charge >= 0.3 is 0 Å². The van der Waals surface area contributed by atoms with Crippen molar-refractivity contribution in [2.75, 3.05) is 13.1 Å². The molecule has 0 aliphatic carbocycles. The lowest BCUT2D eigenvalue weighted by Crippen LogP contribution is -2.42. The van der Waals surface area contributed by atoms with Crippen LogP contribution in [0.5, 0.6) is 0 Å². The average Bonchev–Trinajstić information content (AvgIpc) is 2.11. The highest BCUT2D eigenvalue weighted by Crippen LogP contribution is 2.08. The molecule has 4 heteroatoms.